The van der Waals surface area contributed by atoms with Gasteiger partial charge in [-0.2, -0.15) is 0 Å². The SMILES string of the molecule is COc1cc(O)c2c(c1)C(=O)C1=C(C2=O)[C@@H](OC)OC(C)=C1. The van der Waals surface area contributed by atoms with Crippen LogP contribution in [0.5, 0.6) is 11.5 Å². The van der Waals surface area contributed by atoms with Crippen molar-refractivity contribution in [1.29, 1.82) is 0 Å². The molecular formula is C16H14O6. The van der Waals surface area contributed by atoms with Crippen LogP contribution in [-0.4, -0.2) is 37.2 Å². The number of carbonyl (C=O) groups excluding carboxylic acids is 2. The maximum Gasteiger partial charge on any atom is 0.230 e. The highest BCUT2D eigenvalue weighted by Crippen LogP contribution is 2.39. The predicted molar refractivity (Wildman–Crippen MR) is 76.0 cm³/mol. The van der Waals surface area contributed by atoms with E-state index in [9.17, 15) is 14.7 Å². The van der Waals surface area contributed by atoms with Crippen molar-refractivity contribution in [2.24, 2.45) is 0 Å². The monoisotopic (exact) mass is 302 g/mol. The average molecular weight is 302 g/mol. The third-order valence-electron chi connectivity index (χ3n) is 3.67. The molecule has 0 bridgehead atoms. The van der Waals surface area contributed by atoms with E-state index in [1.165, 1.54) is 32.4 Å². The Bertz CT molecular complexity index is 756. The van der Waals surface area contributed by atoms with E-state index < -0.39 is 12.1 Å². The van der Waals surface area contributed by atoms with Crippen molar-refractivity contribution in [3.8, 4) is 11.5 Å². The van der Waals surface area contributed by atoms with Gasteiger partial charge in [-0.1, -0.05) is 0 Å². The summed E-state index contributed by atoms with van der Waals surface area (Å²) >= 11 is 0. The van der Waals surface area contributed by atoms with Gasteiger partial charge >= 0.3 is 0 Å². The first-order valence-corrected chi connectivity index (χ1v) is 6.60. The van der Waals surface area contributed by atoms with Crippen molar-refractivity contribution in [2.75, 3.05) is 14.2 Å². The first-order chi connectivity index (χ1) is 10.5. The highest BCUT2D eigenvalue weighted by atomic mass is 16.7. The number of phenolic OH excluding ortho intramolecular Hbond substituents is 1. The first kappa shape index (κ1) is 14.3. The Hall–Kier alpha value is -2.60. The standard InChI is InChI=1S/C16H14O6/c1-7-4-9-13(16(21-3)22-7)15(19)12-10(14(9)18)5-8(20-2)6-11(12)17/h4-6,16-17H,1-3H3/t16-/m0/s1. The summed E-state index contributed by atoms with van der Waals surface area (Å²) in [5.41, 5.74) is 0.386. The number of benzene rings is 1. The summed E-state index contributed by atoms with van der Waals surface area (Å²) in [6.07, 6.45) is 0.538. The van der Waals surface area contributed by atoms with Crippen LogP contribution in [0, 0.1) is 0 Å². The topological polar surface area (TPSA) is 82.1 Å². The Balaban J connectivity index is 2.26. The molecule has 6 nitrogen and oxygen atoms in total. The summed E-state index contributed by atoms with van der Waals surface area (Å²) in [5.74, 6) is -0.385. The van der Waals surface area contributed by atoms with E-state index in [0.717, 1.165) is 0 Å². The van der Waals surface area contributed by atoms with E-state index in [1.54, 1.807) is 6.92 Å². The lowest BCUT2D eigenvalue weighted by molar-refractivity contribution is -0.0679. The van der Waals surface area contributed by atoms with Crippen LogP contribution >= 0.6 is 0 Å². The number of fused-ring (bicyclic) bond motifs is 1. The Kier molecular flexibility index (Phi) is 3.26. The first-order valence-electron chi connectivity index (χ1n) is 6.60. The maximum absolute atomic E-state index is 12.7. The number of carbonyl (C=O) groups is 2. The highest BCUT2D eigenvalue weighted by Gasteiger charge is 2.40. The number of hydrogen-bond acceptors (Lipinski definition) is 6. The molecule has 6 heteroatoms. The largest absolute Gasteiger partial charge is 0.507 e. The molecule has 0 saturated heterocycles. The molecule has 0 unspecified atom stereocenters. The van der Waals surface area contributed by atoms with E-state index in [1.807, 2.05) is 0 Å². The second-order valence-corrected chi connectivity index (χ2v) is 5.00. The molecule has 1 atom stereocenters. The second-order valence-electron chi connectivity index (χ2n) is 5.00. The minimum Gasteiger partial charge on any atom is -0.507 e. The summed E-state index contributed by atoms with van der Waals surface area (Å²) in [5, 5.41) is 10.1. The minimum atomic E-state index is -0.967. The molecule has 1 aromatic carbocycles. The maximum atomic E-state index is 12.7. The summed E-state index contributed by atoms with van der Waals surface area (Å²) in [7, 11) is 2.80. The van der Waals surface area contributed by atoms with Gasteiger partial charge in [0.2, 0.25) is 12.1 Å². The van der Waals surface area contributed by atoms with Crippen LogP contribution in [0.4, 0.5) is 0 Å². The van der Waals surface area contributed by atoms with Crippen LogP contribution in [-0.2, 0) is 9.47 Å². The van der Waals surface area contributed by atoms with E-state index in [2.05, 4.69) is 0 Å². The van der Waals surface area contributed by atoms with Crippen molar-refractivity contribution >= 4 is 11.6 Å². The number of aromatic hydroxyl groups is 1. The normalized spacial score (nSPS) is 20.1. The summed E-state index contributed by atoms with van der Waals surface area (Å²) in [6.45, 7) is 1.67. The smallest absolute Gasteiger partial charge is 0.230 e. The van der Waals surface area contributed by atoms with Crippen LogP contribution in [0.2, 0.25) is 0 Å². The van der Waals surface area contributed by atoms with E-state index >= 15 is 0 Å². The summed E-state index contributed by atoms with van der Waals surface area (Å²) in [4.78, 5) is 25.4. The van der Waals surface area contributed by atoms with E-state index in [-0.39, 0.29) is 33.8 Å². The minimum absolute atomic E-state index is 0.0526. The number of rotatable bonds is 2. The molecule has 0 radical (unpaired) electrons. The zero-order valence-corrected chi connectivity index (χ0v) is 12.3. The quantitative estimate of drug-likeness (QED) is 0.899. The number of Topliss-reactive ketones (excluding diaryl/α,β-unsaturated/α-hetero) is 2. The third kappa shape index (κ3) is 1.92. The molecule has 2 aliphatic rings. The van der Waals surface area contributed by atoms with Gasteiger partial charge in [-0.3, -0.25) is 9.59 Å². The highest BCUT2D eigenvalue weighted by molar-refractivity contribution is 6.29. The van der Waals surface area contributed by atoms with Crippen LogP contribution < -0.4 is 4.74 Å². The molecule has 0 fully saturated rings. The molecule has 114 valence electrons. The lowest BCUT2D eigenvalue weighted by Crippen LogP contribution is -2.33. The van der Waals surface area contributed by atoms with Gasteiger partial charge in [0.05, 0.1) is 24.0 Å². The molecule has 3 rings (SSSR count). The Morgan fingerprint density at radius 2 is 1.91 bits per heavy atom. The number of ether oxygens (including phenoxy) is 3. The van der Waals surface area contributed by atoms with E-state index in [4.69, 9.17) is 14.2 Å². The summed E-state index contributed by atoms with van der Waals surface area (Å²) in [6, 6.07) is 2.74. The Labute approximate surface area is 126 Å². The van der Waals surface area contributed by atoms with Gasteiger partial charge in [-0.05, 0) is 19.1 Å². The molecule has 1 aromatic rings. The van der Waals surface area contributed by atoms with Gasteiger partial charge in [-0.25, -0.2) is 0 Å². The van der Waals surface area contributed by atoms with Gasteiger partial charge in [0, 0.05) is 24.3 Å². The van der Waals surface area contributed by atoms with Gasteiger partial charge in [0.15, 0.2) is 5.78 Å². The average Bonchev–Trinajstić information content (AvgIpc) is 2.50. The van der Waals surface area contributed by atoms with Crippen molar-refractivity contribution in [2.45, 2.75) is 13.2 Å². The van der Waals surface area contributed by atoms with Gasteiger partial charge < -0.3 is 19.3 Å². The van der Waals surface area contributed by atoms with E-state index in [0.29, 0.717) is 11.5 Å². The van der Waals surface area contributed by atoms with Gasteiger partial charge in [0.1, 0.15) is 11.5 Å². The number of ketones is 2. The fourth-order valence-electron chi connectivity index (χ4n) is 2.67. The second kappa shape index (κ2) is 4.99. The van der Waals surface area contributed by atoms with Crippen molar-refractivity contribution in [3.63, 3.8) is 0 Å². The Morgan fingerprint density at radius 1 is 1.18 bits per heavy atom. The number of hydrogen-bond donors (Lipinski definition) is 1. The lowest BCUT2D eigenvalue weighted by Gasteiger charge is -2.29. The molecule has 0 aromatic heterocycles. The molecule has 1 aliphatic heterocycles. The molecule has 1 heterocycles. The Morgan fingerprint density at radius 3 is 2.55 bits per heavy atom. The molecule has 1 N–H and O–H groups in total. The molecule has 1 aliphatic carbocycles. The fourth-order valence-corrected chi connectivity index (χ4v) is 2.67. The van der Waals surface area contributed by atoms with Gasteiger partial charge in [0.25, 0.3) is 0 Å². The third-order valence-corrected chi connectivity index (χ3v) is 3.67. The van der Waals surface area contributed by atoms with Crippen molar-refractivity contribution < 1.29 is 28.9 Å². The molecule has 0 saturated carbocycles. The predicted octanol–water partition coefficient (Wildman–Crippen LogP) is 1.98. The van der Waals surface area contributed by atoms with Crippen LogP contribution in [0.15, 0.2) is 35.1 Å². The number of allylic oxidation sites excluding steroid dienone is 3. The molecule has 22 heavy (non-hydrogen) atoms. The number of phenols is 1. The van der Waals surface area contributed by atoms with Gasteiger partial charge in [-0.15, -0.1) is 0 Å². The van der Waals surface area contributed by atoms with Crippen LogP contribution in [0.1, 0.15) is 27.6 Å². The zero-order valence-electron chi connectivity index (χ0n) is 12.3. The molecular weight excluding hydrogens is 288 g/mol. The molecule has 0 spiro atoms. The molecule has 0 amide bonds. The van der Waals surface area contributed by atoms with Crippen LogP contribution in [0.25, 0.3) is 0 Å². The van der Waals surface area contributed by atoms with Crippen molar-refractivity contribution in [1.82, 2.24) is 0 Å². The zero-order chi connectivity index (χ0) is 16.0. The summed E-state index contributed by atoms with van der Waals surface area (Å²) < 4.78 is 15.6. The fraction of sp³-hybridized carbons (Fsp3) is 0.250. The number of methoxy groups -OCH3 is 2. The van der Waals surface area contributed by atoms with Crippen LogP contribution in [0.3, 0.4) is 0 Å². The lowest BCUT2D eigenvalue weighted by atomic mass is 9.82. The van der Waals surface area contributed by atoms with Crippen molar-refractivity contribution in [3.05, 3.63) is 46.2 Å².